The third kappa shape index (κ3) is 2.29. The van der Waals surface area contributed by atoms with Crippen molar-refractivity contribution in [2.24, 2.45) is 0 Å². The molecule has 1 atom stereocenters. The van der Waals surface area contributed by atoms with Crippen molar-refractivity contribution in [3.05, 3.63) is 64.7 Å². The highest BCUT2D eigenvalue weighted by molar-refractivity contribution is 5.99. The van der Waals surface area contributed by atoms with Crippen molar-refractivity contribution in [2.45, 2.75) is 5.92 Å². The van der Waals surface area contributed by atoms with Gasteiger partial charge in [0.05, 0.1) is 12.2 Å². The number of carbonyl (C=O) groups is 2. The molecule has 0 spiro atoms. The molecule has 1 amide bonds. The number of fused-ring (bicyclic) bond motifs is 1. The zero-order valence-electron chi connectivity index (χ0n) is 11.6. The first kappa shape index (κ1) is 13.4. The number of aldehydes is 1. The Morgan fingerprint density at radius 2 is 2.05 bits per heavy atom. The van der Waals surface area contributed by atoms with Crippen LogP contribution in [0.25, 0.3) is 0 Å². The van der Waals surface area contributed by atoms with Crippen molar-refractivity contribution in [1.29, 1.82) is 0 Å². The molecule has 4 nitrogen and oxygen atoms in total. The standard InChI is InChI=1S/C17H15NO3/c1-18-17(20)14-8-11(9-19)7-13-15(10-21-16(13)14)12-5-3-2-4-6-12/h2-9,15H,10H2,1H3,(H,18,20). The van der Waals surface area contributed by atoms with E-state index in [0.717, 1.165) is 17.4 Å². The lowest BCUT2D eigenvalue weighted by Crippen LogP contribution is -2.18. The zero-order chi connectivity index (χ0) is 14.8. The van der Waals surface area contributed by atoms with Gasteiger partial charge >= 0.3 is 0 Å². The molecule has 3 rings (SSSR count). The van der Waals surface area contributed by atoms with Crippen LogP contribution in [-0.2, 0) is 0 Å². The summed E-state index contributed by atoms with van der Waals surface area (Å²) < 4.78 is 5.74. The van der Waals surface area contributed by atoms with E-state index < -0.39 is 0 Å². The molecule has 0 bridgehead atoms. The molecule has 1 aliphatic heterocycles. The first-order chi connectivity index (χ1) is 10.2. The van der Waals surface area contributed by atoms with Gasteiger partial charge in [0.1, 0.15) is 12.0 Å². The van der Waals surface area contributed by atoms with Gasteiger partial charge in [-0.3, -0.25) is 9.59 Å². The number of ether oxygens (including phenoxy) is 1. The first-order valence-corrected chi connectivity index (χ1v) is 6.77. The summed E-state index contributed by atoms with van der Waals surface area (Å²) >= 11 is 0. The molecular formula is C17H15NO3. The average molecular weight is 281 g/mol. The van der Waals surface area contributed by atoms with Crippen LogP contribution in [0.5, 0.6) is 5.75 Å². The topological polar surface area (TPSA) is 55.4 Å². The summed E-state index contributed by atoms with van der Waals surface area (Å²) in [5.41, 5.74) is 2.90. The normalized spacial score (nSPS) is 16.0. The lowest BCUT2D eigenvalue weighted by Gasteiger charge is -2.10. The van der Waals surface area contributed by atoms with Crippen molar-refractivity contribution in [2.75, 3.05) is 13.7 Å². The number of rotatable bonds is 3. The van der Waals surface area contributed by atoms with Gasteiger partial charge in [0.25, 0.3) is 5.91 Å². The van der Waals surface area contributed by atoms with Gasteiger partial charge in [-0.05, 0) is 17.7 Å². The molecule has 106 valence electrons. The van der Waals surface area contributed by atoms with E-state index in [1.807, 2.05) is 30.3 Å². The van der Waals surface area contributed by atoms with Gasteiger partial charge in [-0.1, -0.05) is 30.3 Å². The largest absolute Gasteiger partial charge is 0.491 e. The van der Waals surface area contributed by atoms with Crippen molar-refractivity contribution in [3.63, 3.8) is 0 Å². The Morgan fingerprint density at radius 1 is 1.29 bits per heavy atom. The van der Waals surface area contributed by atoms with Crippen molar-refractivity contribution in [3.8, 4) is 5.75 Å². The summed E-state index contributed by atoms with van der Waals surface area (Å²) in [6, 6.07) is 13.3. The fourth-order valence-electron chi connectivity index (χ4n) is 2.68. The molecule has 1 N–H and O–H groups in total. The maximum absolute atomic E-state index is 12.0. The van der Waals surface area contributed by atoms with Crippen LogP contribution in [0.2, 0.25) is 0 Å². The highest BCUT2D eigenvalue weighted by atomic mass is 16.5. The molecule has 0 aromatic heterocycles. The maximum Gasteiger partial charge on any atom is 0.254 e. The Balaban J connectivity index is 2.13. The number of hydrogen-bond donors (Lipinski definition) is 1. The van der Waals surface area contributed by atoms with Crippen molar-refractivity contribution < 1.29 is 14.3 Å². The SMILES string of the molecule is CNC(=O)c1cc(C=O)cc2c1OCC2c1ccccc1. The molecule has 0 radical (unpaired) electrons. The minimum atomic E-state index is -0.247. The molecule has 0 saturated heterocycles. The zero-order valence-corrected chi connectivity index (χ0v) is 11.6. The highest BCUT2D eigenvalue weighted by Gasteiger charge is 2.30. The summed E-state index contributed by atoms with van der Waals surface area (Å²) in [6.07, 6.45) is 0.757. The van der Waals surface area contributed by atoms with E-state index in [1.54, 1.807) is 19.2 Å². The third-order valence-electron chi connectivity index (χ3n) is 3.72. The summed E-state index contributed by atoms with van der Waals surface area (Å²) in [4.78, 5) is 23.1. The second-order valence-electron chi connectivity index (χ2n) is 4.96. The summed E-state index contributed by atoms with van der Waals surface area (Å²) in [7, 11) is 1.56. The summed E-state index contributed by atoms with van der Waals surface area (Å²) in [6.45, 7) is 0.478. The van der Waals surface area contributed by atoms with Crippen LogP contribution in [-0.4, -0.2) is 25.8 Å². The van der Waals surface area contributed by atoms with E-state index in [9.17, 15) is 9.59 Å². The van der Waals surface area contributed by atoms with Gasteiger partial charge in [-0.2, -0.15) is 0 Å². The molecule has 1 aliphatic rings. The van der Waals surface area contributed by atoms with Crippen molar-refractivity contribution in [1.82, 2.24) is 5.32 Å². The van der Waals surface area contributed by atoms with E-state index >= 15 is 0 Å². The summed E-state index contributed by atoms with van der Waals surface area (Å²) in [5.74, 6) is 0.377. The Bertz CT molecular complexity index is 695. The smallest absolute Gasteiger partial charge is 0.254 e. The molecule has 2 aromatic rings. The van der Waals surface area contributed by atoms with Crippen LogP contribution < -0.4 is 10.1 Å². The predicted molar refractivity (Wildman–Crippen MR) is 79.0 cm³/mol. The second-order valence-corrected chi connectivity index (χ2v) is 4.96. The molecule has 0 fully saturated rings. The molecule has 1 heterocycles. The van der Waals surface area contributed by atoms with Gasteiger partial charge in [-0.25, -0.2) is 0 Å². The number of amides is 1. The van der Waals surface area contributed by atoms with Crippen LogP contribution in [0.1, 0.15) is 37.8 Å². The molecule has 4 heteroatoms. The van der Waals surface area contributed by atoms with Crippen LogP contribution in [0, 0.1) is 0 Å². The fraction of sp³-hybridized carbons (Fsp3) is 0.176. The van der Waals surface area contributed by atoms with Gasteiger partial charge in [0.15, 0.2) is 0 Å². The molecule has 0 aliphatic carbocycles. The Hall–Kier alpha value is -2.62. The minimum absolute atomic E-state index is 0.0458. The Labute approximate surface area is 122 Å². The van der Waals surface area contributed by atoms with E-state index in [4.69, 9.17) is 4.74 Å². The Kier molecular flexibility index (Phi) is 3.44. The van der Waals surface area contributed by atoms with Gasteiger partial charge in [0.2, 0.25) is 0 Å². The molecule has 2 aromatic carbocycles. The molecule has 0 saturated carbocycles. The average Bonchev–Trinajstić information content (AvgIpc) is 2.97. The summed E-state index contributed by atoms with van der Waals surface area (Å²) in [5, 5.41) is 2.58. The van der Waals surface area contributed by atoms with Crippen LogP contribution in [0.3, 0.4) is 0 Å². The number of carbonyl (C=O) groups excluding carboxylic acids is 2. The number of nitrogens with one attached hydrogen (secondary N) is 1. The highest BCUT2D eigenvalue weighted by Crippen LogP contribution is 2.41. The monoisotopic (exact) mass is 281 g/mol. The van der Waals surface area contributed by atoms with E-state index in [2.05, 4.69) is 5.32 Å². The van der Waals surface area contributed by atoms with Crippen LogP contribution in [0.15, 0.2) is 42.5 Å². The Morgan fingerprint density at radius 3 is 2.71 bits per heavy atom. The van der Waals surface area contributed by atoms with E-state index in [1.165, 1.54) is 0 Å². The van der Waals surface area contributed by atoms with E-state index in [0.29, 0.717) is 23.5 Å². The first-order valence-electron chi connectivity index (χ1n) is 6.77. The van der Waals surface area contributed by atoms with Crippen molar-refractivity contribution >= 4 is 12.2 Å². The van der Waals surface area contributed by atoms with Gasteiger partial charge in [0, 0.05) is 24.1 Å². The molecular weight excluding hydrogens is 266 g/mol. The quantitative estimate of drug-likeness (QED) is 0.879. The lowest BCUT2D eigenvalue weighted by molar-refractivity contribution is 0.0960. The molecule has 21 heavy (non-hydrogen) atoms. The minimum Gasteiger partial charge on any atom is -0.491 e. The fourth-order valence-corrected chi connectivity index (χ4v) is 2.68. The number of hydrogen-bond acceptors (Lipinski definition) is 3. The van der Waals surface area contributed by atoms with E-state index in [-0.39, 0.29) is 11.8 Å². The maximum atomic E-state index is 12.0. The van der Waals surface area contributed by atoms with Crippen LogP contribution in [0.4, 0.5) is 0 Å². The predicted octanol–water partition coefficient (Wildman–Crippen LogP) is 2.38. The molecule has 1 unspecified atom stereocenters. The third-order valence-corrected chi connectivity index (χ3v) is 3.72. The lowest BCUT2D eigenvalue weighted by atomic mass is 9.90. The van der Waals surface area contributed by atoms with Gasteiger partial charge in [-0.15, -0.1) is 0 Å². The number of benzene rings is 2. The second kappa shape index (κ2) is 5.40. The van der Waals surface area contributed by atoms with Gasteiger partial charge < -0.3 is 10.1 Å². The van der Waals surface area contributed by atoms with Crippen LogP contribution >= 0.6 is 0 Å².